The van der Waals surface area contributed by atoms with Gasteiger partial charge in [0.25, 0.3) is 5.69 Å². The summed E-state index contributed by atoms with van der Waals surface area (Å²) in [7, 11) is 0. The summed E-state index contributed by atoms with van der Waals surface area (Å²) >= 11 is 1.56. The fraction of sp³-hybridized carbons (Fsp3) is 0.0256. The molecule has 0 atom stereocenters. The number of nitro groups is 1. The van der Waals surface area contributed by atoms with Gasteiger partial charge < -0.3 is 0 Å². The molecule has 0 spiro atoms. The Morgan fingerprint density at radius 3 is 1.12 bits per heavy atom. The molecular weight excluding hydrogens is 967 g/mol. The van der Waals surface area contributed by atoms with E-state index in [-0.39, 0.29) is 18.0 Å². The Morgan fingerprint density at radius 2 is 0.788 bits per heavy atom. The normalized spacial score (nSPS) is 11.6. The van der Waals surface area contributed by atoms with Crippen molar-refractivity contribution in [3.8, 4) is 0 Å². The highest BCUT2D eigenvalue weighted by Gasteiger charge is 2.52. The molecule has 0 aliphatic carbocycles. The Balaban J connectivity index is 0.000000284. The number of aromatic nitrogens is 1. The molecule has 0 radical (unpaired) electrons. The summed E-state index contributed by atoms with van der Waals surface area (Å²) in [6.45, 7) is 0.172. The van der Waals surface area contributed by atoms with Crippen molar-refractivity contribution < 1.29 is 102 Å². The van der Waals surface area contributed by atoms with Crippen LogP contribution in [0.4, 0.5) is 93.5 Å². The predicted octanol–water partition coefficient (Wildman–Crippen LogP) is 8.83. The average molecular weight is 978 g/mol. The van der Waals surface area contributed by atoms with Gasteiger partial charge in [0, 0.05) is 23.8 Å². The lowest BCUT2D eigenvalue weighted by Crippen LogP contribution is -2.81. The van der Waals surface area contributed by atoms with E-state index >= 15 is 35.1 Å². The molecule has 0 bridgehead atoms. The quantitative estimate of drug-likeness (QED) is 0.0224. The van der Waals surface area contributed by atoms with E-state index in [1.807, 2.05) is 34.3 Å². The number of hydrogen-bond acceptors (Lipinski definition) is 4. The number of benzene rings is 6. The number of hydrogen-bond donors (Lipinski definition) is 0. The van der Waals surface area contributed by atoms with E-state index in [0.29, 0.717) is 5.56 Å². The minimum atomic E-state index is -7.22. The van der Waals surface area contributed by atoms with E-state index in [4.69, 9.17) is 0 Å². The van der Waals surface area contributed by atoms with E-state index < -0.39 is 149 Å². The molecule has 0 N–H and O–H groups in total. The van der Waals surface area contributed by atoms with Crippen molar-refractivity contribution in [2.45, 2.75) is 6.54 Å². The molecule has 27 heteroatoms. The summed E-state index contributed by atoms with van der Waals surface area (Å²) in [5.41, 5.74) is -11.2. The van der Waals surface area contributed by atoms with Gasteiger partial charge in [-0.05, 0) is 6.07 Å². The number of Topliss-reactive ketones (excluding diaryl/α,β-unsaturated/α-hetero) is 1. The Morgan fingerprint density at radius 1 is 0.470 bits per heavy atom. The first-order chi connectivity index (χ1) is 30.8. The second-order valence-corrected chi connectivity index (χ2v) is 14.2. The number of para-hydroxylation sites is 1. The SMILES string of the molecule is Fc1c(F)c(F)c([B-](c2c(F)c(F)c(F)c(F)c2F)(c2c(F)c(F)c(F)c(F)c2F)c2c(F)c(F)c(F)c(F)c2F)c(F)c1F.O=C(C[n+]1csc2ccccc21)c1cccc([N+](=O)[O-])c1. The zero-order valence-electron chi connectivity index (χ0n) is 31.1. The molecular formula is C39H11BF20N2O3S. The number of halogens is 20. The van der Waals surface area contributed by atoms with Gasteiger partial charge in [0.1, 0.15) is 57.4 Å². The van der Waals surface area contributed by atoms with Gasteiger partial charge in [0.15, 0.2) is 69.8 Å². The Hall–Kier alpha value is -7.06. The molecule has 0 amide bonds. The molecule has 5 nitrogen and oxygen atoms in total. The number of nitro benzene ring substituents is 1. The maximum atomic E-state index is 15.4. The summed E-state index contributed by atoms with van der Waals surface area (Å²) in [5.74, 6) is -71.6. The van der Waals surface area contributed by atoms with Gasteiger partial charge in [0.2, 0.25) is 23.4 Å². The van der Waals surface area contributed by atoms with Crippen molar-refractivity contribution in [2.75, 3.05) is 0 Å². The van der Waals surface area contributed by atoms with Gasteiger partial charge in [-0.2, -0.15) is 4.57 Å². The fourth-order valence-electron chi connectivity index (χ4n) is 7.01. The number of fused-ring (bicyclic) bond motifs is 1. The van der Waals surface area contributed by atoms with Crippen LogP contribution in [-0.4, -0.2) is 16.9 Å². The van der Waals surface area contributed by atoms with Crippen molar-refractivity contribution >= 4 is 61.0 Å². The highest BCUT2D eigenvalue weighted by atomic mass is 32.1. The second kappa shape index (κ2) is 17.7. The molecule has 0 aliphatic rings. The van der Waals surface area contributed by atoms with E-state index in [0.717, 1.165) is 10.2 Å². The third kappa shape index (κ3) is 7.42. The maximum Gasteiger partial charge on any atom is 0.270 e. The van der Waals surface area contributed by atoms with Crippen molar-refractivity contribution in [3.63, 3.8) is 0 Å². The van der Waals surface area contributed by atoms with Crippen LogP contribution < -0.4 is 26.4 Å². The highest BCUT2D eigenvalue weighted by Crippen LogP contribution is 2.31. The Labute approximate surface area is 355 Å². The standard InChI is InChI=1S/C24BF20.C15H11N2O3S/c26-5-1(6(27)14(35)21(42)13(5)34)25(2-7(28)15(36)22(43)16(37)8(2)29,3-9(30)17(38)23(44)18(39)10(3)31)4-11(32)19(40)24(45)20(41)12(4)33;18-14(11-4-3-5-12(8-11)17(19)20)9-16-10-21-15-7-2-1-6-13(15)16/h;1-8,10H,9H2/q-1;+1. The van der Waals surface area contributed by atoms with E-state index in [9.17, 15) is 67.6 Å². The molecule has 7 rings (SSSR count). The van der Waals surface area contributed by atoms with Crippen LogP contribution in [0.15, 0.2) is 54.0 Å². The van der Waals surface area contributed by atoms with Crippen LogP contribution >= 0.6 is 11.3 Å². The highest BCUT2D eigenvalue weighted by molar-refractivity contribution is 7.20. The second-order valence-electron chi connectivity index (χ2n) is 13.3. The van der Waals surface area contributed by atoms with Crippen LogP contribution in [0.5, 0.6) is 0 Å². The number of non-ortho nitro benzene ring substituents is 1. The van der Waals surface area contributed by atoms with Gasteiger partial charge in [-0.1, -0.05) is 35.6 Å². The number of carbonyl (C=O) groups is 1. The van der Waals surface area contributed by atoms with Gasteiger partial charge in [0.05, 0.1) is 4.92 Å². The van der Waals surface area contributed by atoms with Crippen LogP contribution in [0.25, 0.3) is 10.2 Å². The zero-order chi connectivity index (χ0) is 49.2. The molecule has 0 aliphatic heterocycles. The first-order valence-electron chi connectivity index (χ1n) is 17.2. The maximum absolute atomic E-state index is 15.4. The molecule has 7 aromatic rings. The number of thiazole rings is 1. The molecule has 0 saturated heterocycles. The summed E-state index contributed by atoms with van der Waals surface area (Å²) < 4.78 is 297. The fourth-order valence-corrected chi connectivity index (χ4v) is 7.90. The molecule has 344 valence electrons. The van der Waals surface area contributed by atoms with E-state index in [1.54, 1.807) is 17.4 Å². The minimum absolute atomic E-state index is 0.0685. The smallest absolute Gasteiger partial charge is 0.270 e. The Bertz CT molecular complexity index is 2820. The van der Waals surface area contributed by atoms with E-state index in [2.05, 4.69) is 0 Å². The largest absolute Gasteiger partial charge is 0.287 e. The van der Waals surface area contributed by atoms with Crippen LogP contribution in [0.1, 0.15) is 10.4 Å². The lowest BCUT2D eigenvalue weighted by molar-refractivity contribution is -0.652. The monoisotopic (exact) mass is 978 g/mol. The molecule has 1 heterocycles. The van der Waals surface area contributed by atoms with Crippen LogP contribution in [-0.2, 0) is 6.54 Å². The van der Waals surface area contributed by atoms with Crippen molar-refractivity contribution in [1.82, 2.24) is 0 Å². The van der Waals surface area contributed by atoms with Crippen molar-refractivity contribution in [1.29, 1.82) is 0 Å². The third-order valence-electron chi connectivity index (χ3n) is 9.88. The van der Waals surface area contributed by atoms with Crippen LogP contribution in [0.2, 0.25) is 0 Å². The lowest BCUT2D eigenvalue weighted by Gasteiger charge is -2.44. The van der Waals surface area contributed by atoms with Gasteiger partial charge in [-0.25, -0.2) is 87.8 Å². The molecule has 0 fully saturated rings. The molecule has 66 heavy (non-hydrogen) atoms. The first kappa shape index (κ1) is 48.4. The molecule has 1 aromatic heterocycles. The number of ketones is 1. The number of rotatable bonds is 8. The topological polar surface area (TPSA) is 64.1 Å². The lowest BCUT2D eigenvalue weighted by atomic mass is 9.12. The third-order valence-corrected chi connectivity index (χ3v) is 10.8. The van der Waals surface area contributed by atoms with Crippen LogP contribution in [0.3, 0.4) is 0 Å². The summed E-state index contributed by atoms with van der Waals surface area (Å²) in [6, 6.07) is 13.6. The first-order valence-corrected chi connectivity index (χ1v) is 18.1. The van der Waals surface area contributed by atoms with E-state index in [1.165, 1.54) is 18.2 Å². The number of nitrogens with zero attached hydrogens (tertiary/aromatic N) is 2. The minimum Gasteiger partial charge on any atom is -0.287 e. The summed E-state index contributed by atoms with van der Waals surface area (Å²) in [6.07, 6.45) is -7.22. The van der Waals surface area contributed by atoms with Gasteiger partial charge >= 0.3 is 0 Å². The Kier molecular flexibility index (Phi) is 13.0. The zero-order valence-corrected chi connectivity index (χ0v) is 31.9. The van der Waals surface area contributed by atoms with Gasteiger partial charge in [-0.15, -0.1) is 21.9 Å². The molecule has 0 unspecified atom stereocenters. The van der Waals surface area contributed by atoms with Crippen molar-refractivity contribution in [2.24, 2.45) is 0 Å². The summed E-state index contributed by atoms with van der Waals surface area (Å²) in [4.78, 5) is 22.6. The summed E-state index contributed by atoms with van der Waals surface area (Å²) in [5, 5.41) is 10.8. The van der Waals surface area contributed by atoms with Gasteiger partial charge in [-0.3, -0.25) is 14.9 Å². The average Bonchev–Trinajstić information content (AvgIpc) is 3.71. The molecule has 0 saturated carbocycles. The predicted molar refractivity (Wildman–Crippen MR) is 189 cm³/mol. The van der Waals surface area contributed by atoms with Crippen molar-refractivity contribution in [3.05, 3.63) is 186 Å². The number of carbonyl (C=O) groups excluding carboxylic acids is 1. The van der Waals surface area contributed by atoms with Crippen LogP contribution in [0, 0.1) is 126 Å². The molecule has 6 aromatic carbocycles.